The number of benzene rings is 2. The number of fused-ring (bicyclic) bond motifs is 2. The van der Waals surface area contributed by atoms with E-state index in [1.54, 1.807) is 9.13 Å². The van der Waals surface area contributed by atoms with Gasteiger partial charge < -0.3 is 9.97 Å². The van der Waals surface area contributed by atoms with Crippen molar-refractivity contribution in [3.8, 4) is 0 Å². The van der Waals surface area contributed by atoms with Crippen LogP contribution in [0.2, 0.25) is 0 Å². The van der Waals surface area contributed by atoms with Crippen LogP contribution >= 0.6 is 0 Å². The Bertz CT molecular complexity index is 1050. The normalized spacial score (nSPS) is 11.3. The summed E-state index contributed by atoms with van der Waals surface area (Å²) in [5.74, 6) is 0. The van der Waals surface area contributed by atoms with Gasteiger partial charge in [0.1, 0.15) is 0 Å². The molecule has 0 spiro atoms. The maximum Gasteiger partial charge on any atom is 0.326 e. The van der Waals surface area contributed by atoms with Crippen LogP contribution in [0, 0.1) is 0 Å². The van der Waals surface area contributed by atoms with E-state index in [1.165, 1.54) is 0 Å². The second-order valence-corrected chi connectivity index (χ2v) is 6.82. The zero-order chi connectivity index (χ0) is 18.8. The molecule has 0 amide bonds. The number of hydrogen-bond acceptors (Lipinski definition) is 2. The predicted molar refractivity (Wildman–Crippen MR) is 106 cm³/mol. The molecule has 0 saturated carbocycles. The van der Waals surface area contributed by atoms with Gasteiger partial charge >= 0.3 is 11.4 Å². The highest BCUT2D eigenvalue weighted by Crippen LogP contribution is 2.14. The van der Waals surface area contributed by atoms with Gasteiger partial charge in [-0.05, 0) is 52.0 Å². The average Bonchev–Trinajstić information content (AvgIpc) is 3.10. The monoisotopic (exact) mass is 352 g/mol. The average molecular weight is 352 g/mol. The van der Waals surface area contributed by atoms with E-state index in [2.05, 4.69) is 9.97 Å². The highest BCUT2D eigenvalue weighted by molar-refractivity contribution is 5.75. The quantitative estimate of drug-likeness (QED) is 0.575. The lowest BCUT2D eigenvalue weighted by atomic mass is 10.3. The summed E-state index contributed by atoms with van der Waals surface area (Å²) in [6, 6.07) is 15.8. The molecule has 6 nitrogen and oxygen atoms in total. The van der Waals surface area contributed by atoms with Gasteiger partial charge in [0, 0.05) is 12.1 Å². The van der Waals surface area contributed by atoms with Crippen molar-refractivity contribution in [3.63, 3.8) is 0 Å². The summed E-state index contributed by atoms with van der Waals surface area (Å²) in [5.41, 5.74) is 3.69. The lowest BCUT2D eigenvalue weighted by Gasteiger charge is -2.05. The summed E-state index contributed by atoms with van der Waals surface area (Å²) in [4.78, 5) is 28.6. The molecule has 0 unspecified atom stereocenters. The molecule has 0 aliphatic carbocycles. The van der Waals surface area contributed by atoms with Crippen LogP contribution in [0.25, 0.3) is 22.1 Å². The number of rotatable bonds is 2. The Kier molecular flexibility index (Phi) is 4.84. The number of nitrogens with one attached hydrogen (secondary N) is 2. The molecule has 6 heteroatoms. The molecule has 2 heterocycles. The van der Waals surface area contributed by atoms with E-state index < -0.39 is 0 Å². The Hall–Kier alpha value is -3.02. The first-order valence-corrected chi connectivity index (χ1v) is 8.78. The lowest BCUT2D eigenvalue weighted by molar-refractivity contribution is 0.597. The zero-order valence-corrected chi connectivity index (χ0v) is 15.5. The van der Waals surface area contributed by atoms with E-state index >= 15 is 0 Å². The van der Waals surface area contributed by atoms with Crippen molar-refractivity contribution in [1.82, 2.24) is 19.1 Å². The zero-order valence-electron chi connectivity index (χ0n) is 15.5. The van der Waals surface area contributed by atoms with Crippen LogP contribution in [-0.2, 0) is 0 Å². The Morgan fingerprint density at radius 1 is 0.654 bits per heavy atom. The van der Waals surface area contributed by atoms with Crippen molar-refractivity contribution in [2.75, 3.05) is 0 Å². The molecule has 2 N–H and O–H groups in total. The maximum absolute atomic E-state index is 11.5. The summed E-state index contributed by atoms with van der Waals surface area (Å²) in [5, 5.41) is 0. The van der Waals surface area contributed by atoms with Gasteiger partial charge in [0.05, 0.1) is 22.1 Å². The third-order valence-corrected chi connectivity index (χ3v) is 4.28. The Morgan fingerprint density at radius 3 is 1.35 bits per heavy atom. The second kappa shape index (κ2) is 7.07. The predicted octanol–water partition coefficient (Wildman–Crippen LogP) is 3.82. The van der Waals surface area contributed by atoms with E-state index in [0.717, 1.165) is 22.1 Å². The van der Waals surface area contributed by atoms with Crippen molar-refractivity contribution in [2.45, 2.75) is 39.8 Å². The van der Waals surface area contributed by atoms with Crippen molar-refractivity contribution in [1.29, 1.82) is 0 Å². The Balaban J connectivity index is 0.000000151. The van der Waals surface area contributed by atoms with Crippen LogP contribution in [0.5, 0.6) is 0 Å². The van der Waals surface area contributed by atoms with E-state index in [9.17, 15) is 9.59 Å². The molecule has 2 aromatic heterocycles. The van der Waals surface area contributed by atoms with Gasteiger partial charge in [-0.25, -0.2) is 9.59 Å². The minimum absolute atomic E-state index is 0.0313. The van der Waals surface area contributed by atoms with E-state index in [4.69, 9.17) is 0 Å². The number of imidazole rings is 2. The highest BCUT2D eigenvalue weighted by atomic mass is 16.1. The van der Waals surface area contributed by atoms with Crippen LogP contribution in [0.4, 0.5) is 0 Å². The molecule has 0 radical (unpaired) electrons. The number of hydrogen-bond donors (Lipinski definition) is 2. The fourth-order valence-electron chi connectivity index (χ4n) is 3.17. The van der Waals surface area contributed by atoms with Gasteiger partial charge in [-0.3, -0.25) is 9.13 Å². The van der Waals surface area contributed by atoms with E-state index in [-0.39, 0.29) is 23.5 Å². The topological polar surface area (TPSA) is 75.6 Å². The van der Waals surface area contributed by atoms with E-state index in [1.807, 2.05) is 76.2 Å². The minimum Gasteiger partial charge on any atom is -0.306 e. The van der Waals surface area contributed by atoms with Gasteiger partial charge in [0.25, 0.3) is 0 Å². The fraction of sp³-hybridized carbons (Fsp3) is 0.300. The number of para-hydroxylation sites is 4. The first-order chi connectivity index (χ1) is 12.4. The maximum atomic E-state index is 11.5. The number of nitrogens with zero attached hydrogens (tertiary/aromatic N) is 2. The van der Waals surface area contributed by atoms with Crippen molar-refractivity contribution in [3.05, 3.63) is 69.5 Å². The molecular formula is C20H24N4O2. The van der Waals surface area contributed by atoms with Crippen molar-refractivity contribution < 1.29 is 0 Å². The largest absolute Gasteiger partial charge is 0.326 e. The van der Waals surface area contributed by atoms with Crippen LogP contribution < -0.4 is 11.4 Å². The molecule has 0 aliphatic heterocycles. The molecule has 136 valence electrons. The third kappa shape index (κ3) is 3.22. The molecule has 0 atom stereocenters. The molecule has 0 aliphatic rings. The molecule has 0 saturated heterocycles. The molecule has 0 bridgehead atoms. The first kappa shape index (κ1) is 17.8. The number of aromatic amines is 2. The summed E-state index contributed by atoms with van der Waals surface area (Å²) in [7, 11) is 0. The minimum atomic E-state index is -0.0313. The van der Waals surface area contributed by atoms with Crippen LogP contribution in [0.1, 0.15) is 39.8 Å². The van der Waals surface area contributed by atoms with Crippen molar-refractivity contribution >= 4 is 22.1 Å². The highest BCUT2D eigenvalue weighted by Gasteiger charge is 2.08. The smallest absolute Gasteiger partial charge is 0.306 e. The molecule has 2 aromatic carbocycles. The van der Waals surface area contributed by atoms with E-state index in [0.29, 0.717) is 0 Å². The van der Waals surface area contributed by atoms with Gasteiger partial charge in [-0.2, -0.15) is 0 Å². The summed E-state index contributed by atoms with van der Waals surface area (Å²) >= 11 is 0. The fourth-order valence-corrected chi connectivity index (χ4v) is 3.17. The van der Waals surface area contributed by atoms with Gasteiger partial charge in [0.15, 0.2) is 0 Å². The Labute approximate surface area is 151 Å². The van der Waals surface area contributed by atoms with Gasteiger partial charge in [-0.1, -0.05) is 24.3 Å². The Morgan fingerprint density at radius 2 is 1.00 bits per heavy atom. The number of H-pyrrole nitrogens is 2. The first-order valence-electron chi connectivity index (χ1n) is 8.78. The summed E-state index contributed by atoms with van der Waals surface area (Å²) in [6.45, 7) is 8.01. The van der Waals surface area contributed by atoms with Crippen molar-refractivity contribution in [2.24, 2.45) is 0 Å². The number of aromatic nitrogens is 4. The standard InChI is InChI=1S/2C10H12N2O/c2*1-7(2)12-9-6-4-3-5-8(9)11-10(12)13/h2*3-7H,1-2H3,(H,11,13). The molecular weight excluding hydrogens is 328 g/mol. The van der Waals surface area contributed by atoms with Gasteiger partial charge in [-0.15, -0.1) is 0 Å². The van der Waals surface area contributed by atoms with Crippen LogP contribution in [0.15, 0.2) is 58.1 Å². The van der Waals surface area contributed by atoms with Crippen LogP contribution in [-0.4, -0.2) is 19.1 Å². The summed E-state index contributed by atoms with van der Waals surface area (Å²) < 4.78 is 3.52. The lowest BCUT2D eigenvalue weighted by Crippen LogP contribution is -2.18. The second-order valence-electron chi connectivity index (χ2n) is 6.82. The SMILES string of the molecule is CC(C)n1c(=O)[nH]c2ccccc21.CC(C)n1c(=O)[nH]c2ccccc21. The van der Waals surface area contributed by atoms with Gasteiger partial charge in [0.2, 0.25) is 0 Å². The molecule has 4 aromatic rings. The molecule has 4 rings (SSSR count). The molecule has 0 fully saturated rings. The molecule has 26 heavy (non-hydrogen) atoms. The van der Waals surface area contributed by atoms with Crippen LogP contribution in [0.3, 0.4) is 0 Å². The third-order valence-electron chi connectivity index (χ3n) is 4.28. The summed E-state index contributed by atoms with van der Waals surface area (Å²) in [6.07, 6.45) is 0.